The van der Waals surface area contributed by atoms with Gasteiger partial charge in [-0.15, -0.1) is 0 Å². The quantitative estimate of drug-likeness (QED) is 0.332. The largest absolute Gasteiger partial charge is 0.464 e. The van der Waals surface area contributed by atoms with Crippen LogP contribution >= 0.6 is 0 Å². The second-order valence-electron chi connectivity index (χ2n) is 6.85. The lowest BCUT2D eigenvalue weighted by Gasteiger charge is -2.08. The molecule has 0 atom stereocenters. The Morgan fingerprint density at radius 3 is 2.43 bits per heavy atom. The van der Waals surface area contributed by atoms with Crippen LogP contribution in [0.5, 0.6) is 0 Å². The number of ketones is 1. The third-order valence-corrected chi connectivity index (χ3v) is 4.64. The summed E-state index contributed by atoms with van der Waals surface area (Å²) in [5, 5.41) is 4.62. The minimum absolute atomic E-state index is 0.0744. The molecule has 1 N–H and O–H groups in total. The van der Waals surface area contributed by atoms with Gasteiger partial charge in [-0.3, -0.25) is 14.4 Å². The Balaban J connectivity index is 1.36. The third-order valence-electron chi connectivity index (χ3n) is 4.64. The lowest BCUT2D eigenvalue weighted by atomic mass is 10.0. The van der Waals surface area contributed by atoms with Crippen LogP contribution in [0.3, 0.4) is 0 Å². The number of rotatable bonds is 9. The molecule has 0 aliphatic rings. The number of ether oxygens (including phenoxy) is 1. The minimum Gasteiger partial charge on any atom is -0.464 e. The van der Waals surface area contributed by atoms with E-state index in [0.29, 0.717) is 12.0 Å². The zero-order valence-corrected chi connectivity index (χ0v) is 16.4. The van der Waals surface area contributed by atoms with Crippen molar-refractivity contribution in [3.63, 3.8) is 0 Å². The molecule has 154 valence electrons. The molecule has 6 heteroatoms. The molecule has 0 aromatic heterocycles. The Morgan fingerprint density at radius 2 is 1.63 bits per heavy atom. The molecule has 3 aromatic carbocycles. The molecule has 3 aromatic rings. The molecule has 0 spiro atoms. The number of nitrogens with one attached hydrogen (secondary N) is 1. The van der Waals surface area contributed by atoms with Gasteiger partial charge in [-0.1, -0.05) is 42.5 Å². The summed E-state index contributed by atoms with van der Waals surface area (Å²) in [6, 6.07) is 18.9. The van der Waals surface area contributed by atoms with Crippen molar-refractivity contribution in [1.29, 1.82) is 0 Å². The van der Waals surface area contributed by atoms with E-state index in [0.717, 1.165) is 16.3 Å². The normalized spacial score (nSPS) is 10.6. The first-order valence-corrected chi connectivity index (χ1v) is 9.70. The minimum atomic E-state index is -0.560. The van der Waals surface area contributed by atoms with Crippen LogP contribution in [0.1, 0.15) is 28.8 Å². The number of amides is 1. The summed E-state index contributed by atoms with van der Waals surface area (Å²) in [5.74, 6) is -1.37. The molecule has 5 nitrogen and oxygen atoms in total. The van der Waals surface area contributed by atoms with E-state index in [1.807, 2.05) is 42.5 Å². The summed E-state index contributed by atoms with van der Waals surface area (Å²) in [6.45, 7) is -0.152. The van der Waals surface area contributed by atoms with Crippen LogP contribution in [0.25, 0.3) is 10.8 Å². The van der Waals surface area contributed by atoms with Crippen molar-refractivity contribution >= 4 is 28.4 Å². The number of benzene rings is 3. The number of fused-ring (bicyclic) bond motifs is 1. The molecular formula is C24H22FNO4. The summed E-state index contributed by atoms with van der Waals surface area (Å²) < 4.78 is 17.9. The predicted molar refractivity (Wildman–Crippen MR) is 112 cm³/mol. The second kappa shape index (κ2) is 10.3. The van der Waals surface area contributed by atoms with E-state index in [4.69, 9.17) is 4.74 Å². The van der Waals surface area contributed by atoms with Crippen molar-refractivity contribution in [2.24, 2.45) is 0 Å². The Bertz CT molecular complexity index is 1040. The van der Waals surface area contributed by atoms with Crippen molar-refractivity contribution in [3.8, 4) is 0 Å². The Kier molecular flexibility index (Phi) is 7.27. The standard InChI is InChI=1S/C24H22FNO4/c25-20-12-10-18(11-13-20)22(27)9-4-14-30-24(29)16-26-23(28)15-19-7-3-6-17-5-1-2-8-21(17)19/h1-3,5-8,10-13H,4,9,14-16H2,(H,26,28). The molecule has 0 fully saturated rings. The van der Waals surface area contributed by atoms with Gasteiger partial charge < -0.3 is 10.1 Å². The predicted octanol–water partition coefficient (Wildman–Crippen LogP) is 3.84. The van der Waals surface area contributed by atoms with Crippen molar-refractivity contribution < 1.29 is 23.5 Å². The number of carbonyl (C=O) groups excluding carboxylic acids is 3. The van der Waals surface area contributed by atoms with E-state index < -0.39 is 11.8 Å². The molecule has 0 bridgehead atoms. The highest BCUT2D eigenvalue weighted by atomic mass is 19.1. The van der Waals surface area contributed by atoms with Crippen molar-refractivity contribution in [2.45, 2.75) is 19.3 Å². The third kappa shape index (κ3) is 5.98. The smallest absolute Gasteiger partial charge is 0.325 e. The Morgan fingerprint density at radius 1 is 0.900 bits per heavy atom. The van der Waals surface area contributed by atoms with E-state index in [1.54, 1.807) is 0 Å². The number of hydrogen-bond donors (Lipinski definition) is 1. The number of halogens is 1. The van der Waals surface area contributed by atoms with Gasteiger partial charge >= 0.3 is 5.97 Å². The maximum Gasteiger partial charge on any atom is 0.325 e. The van der Waals surface area contributed by atoms with E-state index >= 15 is 0 Å². The maximum absolute atomic E-state index is 12.9. The van der Waals surface area contributed by atoms with Crippen LogP contribution in [-0.2, 0) is 20.7 Å². The van der Waals surface area contributed by atoms with Crippen molar-refractivity contribution in [1.82, 2.24) is 5.32 Å². The van der Waals surface area contributed by atoms with Crippen LogP contribution in [0.2, 0.25) is 0 Å². The topological polar surface area (TPSA) is 72.5 Å². The molecule has 0 unspecified atom stereocenters. The zero-order valence-electron chi connectivity index (χ0n) is 16.4. The van der Waals surface area contributed by atoms with E-state index in [-0.39, 0.29) is 37.7 Å². The molecule has 3 rings (SSSR count). The lowest BCUT2D eigenvalue weighted by Crippen LogP contribution is -2.32. The van der Waals surface area contributed by atoms with Crippen molar-refractivity contribution in [2.75, 3.05) is 13.2 Å². The summed E-state index contributed by atoms with van der Waals surface area (Å²) in [6.07, 6.45) is 0.707. The Hall–Kier alpha value is -3.54. The number of hydrogen-bond acceptors (Lipinski definition) is 4. The van der Waals surface area contributed by atoms with Gasteiger partial charge in [0.2, 0.25) is 5.91 Å². The summed E-state index contributed by atoms with van der Waals surface area (Å²) >= 11 is 0. The van der Waals surface area contributed by atoms with Gasteiger partial charge in [0.05, 0.1) is 13.0 Å². The first kappa shape index (κ1) is 21.2. The fourth-order valence-corrected chi connectivity index (χ4v) is 3.10. The fraction of sp³-hybridized carbons (Fsp3) is 0.208. The molecule has 0 aliphatic carbocycles. The number of Topliss-reactive ketones (excluding diaryl/α,β-unsaturated/α-hetero) is 1. The number of carbonyl (C=O) groups is 3. The monoisotopic (exact) mass is 407 g/mol. The average Bonchev–Trinajstić information content (AvgIpc) is 2.76. The second-order valence-corrected chi connectivity index (χ2v) is 6.85. The van der Waals surface area contributed by atoms with Gasteiger partial charge in [-0.05, 0) is 47.0 Å². The Labute approximate surface area is 173 Å². The van der Waals surface area contributed by atoms with Crippen LogP contribution in [0, 0.1) is 5.82 Å². The highest BCUT2D eigenvalue weighted by Gasteiger charge is 2.10. The van der Waals surface area contributed by atoms with Gasteiger partial charge in [0, 0.05) is 12.0 Å². The van der Waals surface area contributed by atoms with E-state index in [2.05, 4.69) is 5.32 Å². The van der Waals surface area contributed by atoms with E-state index in [1.165, 1.54) is 24.3 Å². The lowest BCUT2D eigenvalue weighted by molar-refractivity contribution is -0.144. The molecular weight excluding hydrogens is 385 g/mol. The molecule has 0 saturated heterocycles. The first-order chi connectivity index (χ1) is 14.5. The van der Waals surface area contributed by atoms with Gasteiger partial charge in [0.25, 0.3) is 0 Å². The van der Waals surface area contributed by atoms with Gasteiger partial charge in [-0.25, -0.2) is 4.39 Å². The zero-order chi connectivity index (χ0) is 21.3. The number of esters is 1. The van der Waals surface area contributed by atoms with E-state index in [9.17, 15) is 18.8 Å². The van der Waals surface area contributed by atoms with Crippen LogP contribution in [-0.4, -0.2) is 30.8 Å². The average molecular weight is 407 g/mol. The molecule has 1 amide bonds. The van der Waals surface area contributed by atoms with Gasteiger partial charge in [0.15, 0.2) is 5.78 Å². The molecule has 0 aliphatic heterocycles. The highest BCUT2D eigenvalue weighted by molar-refractivity contribution is 5.96. The van der Waals surface area contributed by atoms with Crippen molar-refractivity contribution in [3.05, 3.63) is 83.7 Å². The van der Waals surface area contributed by atoms with Crippen LogP contribution < -0.4 is 5.32 Å². The van der Waals surface area contributed by atoms with Crippen LogP contribution in [0.4, 0.5) is 4.39 Å². The molecule has 30 heavy (non-hydrogen) atoms. The molecule has 0 radical (unpaired) electrons. The van der Waals surface area contributed by atoms with Crippen LogP contribution in [0.15, 0.2) is 66.7 Å². The molecule has 0 saturated carbocycles. The summed E-state index contributed by atoms with van der Waals surface area (Å²) in [5.41, 5.74) is 1.31. The SMILES string of the molecule is O=C(Cc1cccc2ccccc12)NCC(=O)OCCCC(=O)c1ccc(F)cc1. The fourth-order valence-electron chi connectivity index (χ4n) is 3.10. The summed E-state index contributed by atoms with van der Waals surface area (Å²) in [4.78, 5) is 35.9. The highest BCUT2D eigenvalue weighted by Crippen LogP contribution is 2.18. The summed E-state index contributed by atoms with van der Waals surface area (Å²) in [7, 11) is 0. The maximum atomic E-state index is 12.9. The first-order valence-electron chi connectivity index (χ1n) is 9.70. The molecule has 0 heterocycles. The van der Waals surface area contributed by atoms with Gasteiger partial charge in [0.1, 0.15) is 12.4 Å². The van der Waals surface area contributed by atoms with Gasteiger partial charge in [-0.2, -0.15) is 0 Å².